The van der Waals surface area contributed by atoms with Gasteiger partial charge in [0, 0.05) is 19.7 Å². The molecule has 0 amide bonds. The van der Waals surface area contributed by atoms with E-state index in [1.807, 2.05) is 26.0 Å². The van der Waals surface area contributed by atoms with Crippen LogP contribution in [0.15, 0.2) is 24.3 Å². The summed E-state index contributed by atoms with van der Waals surface area (Å²) in [4.78, 5) is 0. The third-order valence-corrected chi connectivity index (χ3v) is 2.76. The minimum absolute atomic E-state index is 0.176. The van der Waals surface area contributed by atoms with Gasteiger partial charge in [0.15, 0.2) is 0 Å². The monoisotopic (exact) mass is 223 g/mol. The van der Waals surface area contributed by atoms with Gasteiger partial charge in [-0.2, -0.15) is 0 Å². The van der Waals surface area contributed by atoms with Gasteiger partial charge in [-0.3, -0.25) is 0 Å². The van der Waals surface area contributed by atoms with Gasteiger partial charge in [-0.1, -0.05) is 12.1 Å². The number of aromatic hydroxyl groups is 1. The Hall–Kier alpha value is -1.06. The van der Waals surface area contributed by atoms with Crippen molar-refractivity contribution in [1.29, 1.82) is 0 Å². The van der Waals surface area contributed by atoms with E-state index >= 15 is 0 Å². The van der Waals surface area contributed by atoms with E-state index in [0.717, 1.165) is 12.1 Å². The number of hydrogen-bond donors (Lipinski definition) is 2. The minimum Gasteiger partial charge on any atom is -0.508 e. The first kappa shape index (κ1) is 13.0. The Bertz CT molecular complexity index is 336. The first-order valence-corrected chi connectivity index (χ1v) is 5.52. The van der Waals surface area contributed by atoms with E-state index in [1.165, 1.54) is 0 Å². The Morgan fingerprint density at radius 3 is 2.69 bits per heavy atom. The fourth-order valence-corrected chi connectivity index (χ4v) is 1.38. The van der Waals surface area contributed by atoms with E-state index in [4.69, 9.17) is 4.74 Å². The summed E-state index contributed by atoms with van der Waals surface area (Å²) in [6.07, 6.45) is 0. The molecule has 1 rings (SSSR count). The lowest BCUT2D eigenvalue weighted by Crippen LogP contribution is -2.37. The molecule has 1 unspecified atom stereocenters. The zero-order valence-electron chi connectivity index (χ0n) is 10.4. The fourth-order valence-electron chi connectivity index (χ4n) is 1.38. The summed E-state index contributed by atoms with van der Waals surface area (Å²) in [5.41, 5.74) is 0.900. The largest absolute Gasteiger partial charge is 0.508 e. The van der Waals surface area contributed by atoms with Crippen LogP contribution in [0.5, 0.6) is 5.75 Å². The summed E-state index contributed by atoms with van der Waals surface area (Å²) in [6.45, 7) is 6.91. The number of phenolic OH excluding ortho intramolecular Hbond substituents is 1. The van der Waals surface area contributed by atoms with E-state index in [0.29, 0.717) is 5.75 Å². The normalized spacial score (nSPS) is 13.8. The molecule has 0 heterocycles. The van der Waals surface area contributed by atoms with Crippen molar-refractivity contribution in [2.75, 3.05) is 13.7 Å². The molecular formula is C13H21NO2. The molecule has 0 radical (unpaired) electrons. The Balaban J connectivity index is 2.56. The zero-order chi connectivity index (χ0) is 12.2. The standard InChI is InChI=1S/C13H21NO2/c1-10(14-9-13(2,3)16-4)11-6-5-7-12(15)8-11/h5-8,10,14-15H,9H2,1-4H3. The van der Waals surface area contributed by atoms with Crippen molar-refractivity contribution in [1.82, 2.24) is 5.32 Å². The smallest absolute Gasteiger partial charge is 0.115 e. The lowest BCUT2D eigenvalue weighted by atomic mass is 10.1. The van der Waals surface area contributed by atoms with Crippen LogP contribution in [0.2, 0.25) is 0 Å². The van der Waals surface area contributed by atoms with Crippen LogP contribution in [0.25, 0.3) is 0 Å². The van der Waals surface area contributed by atoms with Crippen LogP contribution in [0.1, 0.15) is 32.4 Å². The Labute approximate surface area is 97.4 Å². The second kappa shape index (κ2) is 5.32. The maximum atomic E-state index is 9.38. The van der Waals surface area contributed by atoms with Crippen LogP contribution in [0, 0.1) is 0 Å². The molecule has 1 aromatic rings. The molecule has 90 valence electrons. The molecule has 0 aliphatic heterocycles. The fraction of sp³-hybridized carbons (Fsp3) is 0.538. The van der Waals surface area contributed by atoms with Gasteiger partial charge in [0.2, 0.25) is 0 Å². The van der Waals surface area contributed by atoms with Crippen LogP contribution in [0.4, 0.5) is 0 Å². The van der Waals surface area contributed by atoms with Crippen molar-refractivity contribution in [3.63, 3.8) is 0 Å². The van der Waals surface area contributed by atoms with Gasteiger partial charge in [0.1, 0.15) is 5.75 Å². The van der Waals surface area contributed by atoms with E-state index in [9.17, 15) is 5.11 Å². The van der Waals surface area contributed by atoms with E-state index in [2.05, 4.69) is 12.2 Å². The molecule has 0 spiro atoms. The number of nitrogens with one attached hydrogen (secondary N) is 1. The highest BCUT2D eigenvalue weighted by atomic mass is 16.5. The summed E-state index contributed by atoms with van der Waals surface area (Å²) in [6, 6.07) is 7.50. The molecular weight excluding hydrogens is 202 g/mol. The first-order chi connectivity index (χ1) is 7.44. The van der Waals surface area contributed by atoms with Gasteiger partial charge < -0.3 is 15.2 Å². The maximum absolute atomic E-state index is 9.38. The molecule has 1 atom stereocenters. The summed E-state index contributed by atoms with van der Waals surface area (Å²) >= 11 is 0. The lowest BCUT2D eigenvalue weighted by molar-refractivity contribution is 0.0214. The molecule has 3 heteroatoms. The molecule has 0 saturated heterocycles. The van der Waals surface area contributed by atoms with Crippen LogP contribution in [-0.2, 0) is 4.74 Å². The maximum Gasteiger partial charge on any atom is 0.115 e. The number of methoxy groups -OCH3 is 1. The zero-order valence-corrected chi connectivity index (χ0v) is 10.4. The molecule has 2 N–H and O–H groups in total. The third-order valence-electron chi connectivity index (χ3n) is 2.76. The Kier molecular flexibility index (Phi) is 4.33. The van der Waals surface area contributed by atoms with Crippen molar-refractivity contribution in [2.45, 2.75) is 32.4 Å². The second-order valence-corrected chi connectivity index (χ2v) is 4.66. The van der Waals surface area contributed by atoms with Crippen molar-refractivity contribution in [2.24, 2.45) is 0 Å². The van der Waals surface area contributed by atoms with E-state index < -0.39 is 0 Å². The van der Waals surface area contributed by atoms with E-state index in [-0.39, 0.29) is 11.6 Å². The van der Waals surface area contributed by atoms with Crippen LogP contribution in [-0.4, -0.2) is 24.4 Å². The molecule has 0 saturated carbocycles. The Morgan fingerprint density at radius 2 is 2.12 bits per heavy atom. The molecule has 0 aliphatic carbocycles. The number of phenols is 1. The molecule has 16 heavy (non-hydrogen) atoms. The van der Waals surface area contributed by atoms with Crippen LogP contribution >= 0.6 is 0 Å². The number of benzene rings is 1. The average Bonchev–Trinajstić information content (AvgIpc) is 2.26. The van der Waals surface area contributed by atoms with Gasteiger partial charge >= 0.3 is 0 Å². The highest BCUT2D eigenvalue weighted by Crippen LogP contribution is 2.18. The van der Waals surface area contributed by atoms with Crippen LogP contribution < -0.4 is 5.32 Å². The molecule has 0 bridgehead atoms. The lowest BCUT2D eigenvalue weighted by Gasteiger charge is -2.26. The number of ether oxygens (including phenoxy) is 1. The quantitative estimate of drug-likeness (QED) is 0.805. The van der Waals surface area contributed by atoms with Gasteiger partial charge in [-0.15, -0.1) is 0 Å². The Morgan fingerprint density at radius 1 is 1.44 bits per heavy atom. The number of rotatable bonds is 5. The minimum atomic E-state index is -0.176. The predicted molar refractivity (Wildman–Crippen MR) is 65.6 cm³/mol. The molecule has 1 aromatic carbocycles. The van der Waals surface area contributed by atoms with Crippen molar-refractivity contribution < 1.29 is 9.84 Å². The summed E-state index contributed by atoms with van der Waals surface area (Å²) < 4.78 is 5.34. The summed E-state index contributed by atoms with van der Waals surface area (Å²) in [5, 5.41) is 12.8. The van der Waals surface area contributed by atoms with Crippen LogP contribution in [0.3, 0.4) is 0 Å². The summed E-state index contributed by atoms with van der Waals surface area (Å²) in [7, 11) is 1.71. The molecule has 0 fully saturated rings. The highest BCUT2D eigenvalue weighted by molar-refractivity contribution is 5.29. The molecule has 0 aromatic heterocycles. The predicted octanol–water partition coefficient (Wildman–Crippen LogP) is 2.47. The van der Waals surface area contributed by atoms with Gasteiger partial charge in [0.25, 0.3) is 0 Å². The summed E-state index contributed by atoms with van der Waals surface area (Å²) in [5.74, 6) is 0.303. The van der Waals surface area contributed by atoms with Crippen molar-refractivity contribution >= 4 is 0 Å². The molecule has 0 aliphatic rings. The van der Waals surface area contributed by atoms with Crippen molar-refractivity contribution in [3.8, 4) is 5.75 Å². The second-order valence-electron chi connectivity index (χ2n) is 4.66. The van der Waals surface area contributed by atoms with E-state index in [1.54, 1.807) is 19.2 Å². The third kappa shape index (κ3) is 3.83. The topological polar surface area (TPSA) is 41.5 Å². The SMILES string of the molecule is COC(C)(C)CNC(C)c1cccc(O)c1. The molecule has 3 nitrogen and oxygen atoms in total. The highest BCUT2D eigenvalue weighted by Gasteiger charge is 2.17. The average molecular weight is 223 g/mol. The number of hydrogen-bond acceptors (Lipinski definition) is 3. The van der Waals surface area contributed by atoms with Crippen molar-refractivity contribution in [3.05, 3.63) is 29.8 Å². The van der Waals surface area contributed by atoms with Gasteiger partial charge in [-0.25, -0.2) is 0 Å². The van der Waals surface area contributed by atoms with Gasteiger partial charge in [-0.05, 0) is 38.5 Å². The van der Waals surface area contributed by atoms with Gasteiger partial charge in [0.05, 0.1) is 5.60 Å². The first-order valence-electron chi connectivity index (χ1n) is 5.52.